The van der Waals surface area contributed by atoms with Gasteiger partial charge in [-0.25, -0.2) is 0 Å². The summed E-state index contributed by atoms with van der Waals surface area (Å²) in [6.07, 6.45) is 2.84. The molecule has 0 bridgehead atoms. The van der Waals surface area contributed by atoms with Crippen LogP contribution in [0.25, 0.3) is 0 Å². The first-order chi connectivity index (χ1) is 11.5. The first-order valence-electron chi connectivity index (χ1n) is 8.75. The standard InChI is InChI=1S/C19H28N2O3/c1-4-14(2)19(23)20-16-9-11-21(12-10-16)18(22)13-15-7-5-6-8-17(15)24-3/h5-8,14,16H,4,9-13H2,1-3H3,(H,20,23)/t14-/m1/s1. The molecule has 0 aromatic heterocycles. The van der Waals surface area contributed by atoms with Gasteiger partial charge in [-0.1, -0.05) is 32.0 Å². The minimum atomic E-state index is 0.0511. The minimum Gasteiger partial charge on any atom is -0.496 e. The number of likely N-dealkylation sites (tertiary alicyclic amines) is 1. The summed E-state index contributed by atoms with van der Waals surface area (Å²) in [4.78, 5) is 26.4. The van der Waals surface area contributed by atoms with Gasteiger partial charge in [-0.15, -0.1) is 0 Å². The quantitative estimate of drug-likeness (QED) is 0.870. The number of hydrogen-bond donors (Lipinski definition) is 1. The average Bonchev–Trinajstić information content (AvgIpc) is 2.61. The Morgan fingerprint density at radius 3 is 2.58 bits per heavy atom. The van der Waals surface area contributed by atoms with Gasteiger partial charge in [0.2, 0.25) is 11.8 Å². The van der Waals surface area contributed by atoms with Gasteiger partial charge in [-0.2, -0.15) is 0 Å². The zero-order valence-electron chi connectivity index (χ0n) is 14.9. The van der Waals surface area contributed by atoms with Crippen LogP contribution in [0.2, 0.25) is 0 Å². The van der Waals surface area contributed by atoms with E-state index in [0.717, 1.165) is 30.6 Å². The fourth-order valence-electron chi connectivity index (χ4n) is 2.93. The van der Waals surface area contributed by atoms with E-state index in [2.05, 4.69) is 5.32 Å². The van der Waals surface area contributed by atoms with Crippen molar-refractivity contribution in [2.24, 2.45) is 5.92 Å². The predicted octanol–water partition coefficient (Wildman–Crippen LogP) is 2.39. The minimum absolute atomic E-state index is 0.0511. The summed E-state index contributed by atoms with van der Waals surface area (Å²) in [6, 6.07) is 7.80. The fraction of sp³-hybridized carbons (Fsp3) is 0.579. The van der Waals surface area contributed by atoms with Crippen LogP contribution in [0, 0.1) is 5.92 Å². The Morgan fingerprint density at radius 1 is 1.29 bits per heavy atom. The van der Waals surface area contributed by atoms with Crippen molar-refractivity contribution in [3.8, 4) is 5.75 Å². The topological polar surface area (TPSA) is 58.6 Å². The molecule has 1 aliphatic rings. The van der Waals surface area contributed by atoms with Crippen LogP contribution in [0.3, 0.4) is 0 Å². The largest absolute Gasteiger partial charge is 0.496 e. The molecule has 1 fully saturated rings. The normalized spacial score (nSPS) is 16.5. The van der Waals surface area contributed by atoms with Crippen molar-refractivity contribution in [3.63, 3.8) is 0 Å². The second kappa shape index (κ2) is 8.71. The predicted molar refractivity (Wildman–Crippen MR) is 93.9 cm³/mol. The summed E-state index contributed by atoms with van der Waals surface area (Å²) >= 11 is 0. The number of ether oxygens (including phenoxy) is 1. The Bertz CT molecular complexity index is 565. The second-order valence-electron chi connectivity index (χ2n) is 6.46. The van der Waals surface area contributed by atoms with Gasteiger partial charge in [0.05, 0.1) is 13.5 Å². The molecule has 0 radical (unpaired) electrons. The molecule has 0 aliphatic carbocycles. The van der Waals surface area contributed by atoms with Gasteiger partial charge in [0.15, 0.2) is 0 Å². The Morgan fingerprint density at radius 2 is 1.96 bits per heavy atom. The fourth-order valence-corrected chi connectivity index (χ4v) is 2.93. The molecule has 1 aromatic carbocycles. The number of carbonyl (C=O) groups is 2. The number of para-hydroxylation sites is 1. The third-order valence-corrected chi connectivity index (χ3v) is 4.79. The van der Waals surface area contributed by atoms with Crippen molar-refractivity contribution < 1.29 is 14.3 Å². The summed E-state index contributed by atoms with van der Waals surface area (Å²) < 4.78 is 5.31. The van der Waals surface area contributed by atoms with Crippen LogP contribution >= 0.6 is 0 Å². The summed E-state index contributed by atoms with van der Waals surface area (Å²) in [5.41, 5.74) is 0.914. The lowest BCUT2D eigenvalue weighted by Gasteiger charge is -2.33. The van der Waals surface area contributed by atoms with Crippen molar-refractivity contribution in [1.29, 1.82) is 0 Å². The number of rotatable bonds is 6. The van der Waals surface area contributed by atoms with Gasteiger partial charge < -0.3 is 15.0 Å². The number of carbonyl (C=O) groups excluding carboxylic acids is 2. The van der Waals surface area contributed by atoms with Gasteiger partial charge in [0.1, 0.15) is 5.75 Å². The maximum absolute atomic E-state index is 12.5. The molecular weight excluding hydrogens is 304 g/mol. The van der Waals surface area contributed by atoms with Crippen LogP contribution in [0.15, 0.2) is 24.3 Å². The Hall–Kier alpha value is -2.04. The average molecular weight is 332 g/mol. The van der Waals surface area contributed by atoms with Crippen molar-refractivity contribution in [1.82, 2.24) is 10.2 Å². The first-order valence-corrected chi connectivity index (χ1v) is 8.75. The highest BCUT2D eigenvalue weighted by atomic mass is 16.5. The number of hydrogen-bond acceptors (Lipinski definition) is 3. The molecule has 0 saturated carbocycles. The molecule has 0 unspecified atom stereocenters. The lowest BCUT2D eigenvalue weighted by molar-refractivity contribution is -0.131. The second-order valence-corrected chi connectivity index (χ2v) is 6.46. The Kier molecular flexibility index (Phi) is 6.64. The third-order valence-electron chi connectivity index (χ3n) is 4.79. The number of nitrogens with zero attached hydrogens (tertiary/aromatic N) is 1. The molecule has 132 valence electrons. The summed E-state index contributed by atoms with van der Waals surface area (Å²) in [7, 11) is 1.62. The van der Waals surface area contributed by atoms with Crippen molar-refractivity contribution in [3.05, 3.63) is 29.8 Å². The van der Waals surface area contributed by atoms with Gasteiger partial charge in [0.25, 0.3) is 0 Å². The molecule has 0 spiro atoms. The smallest absolute Gasteiger partial charge is 0.227 e. The molecule has 5 nitrogen and oxygen atoms in total. The molecule has 1 N–H and O–H groups in total. The maximum atomic E-state index is 12.5. The molecule has 2 rings (SSSR count). The maximum Gasteiger partial charge on any atom is 0.227 e. The van der Waals surface area contributed by atoms with E-state index in [1.54, 1.807) is 7.11 Å². The molecule has 24 heavy (non-hydrogen) atoms. The highest BCUT2D eigenvalue weighted by molar-refractivity contribution is 5.80. The van der Waals surface area contributed by atoms with E-state index in [1.165, 1.54) is 0 Å². The van der Waals surface area contributed by atoms with E-state index in [0.29, 0.717) is 19.5 Å². The van der Waals surface area contributed by atoms with Gasteiger partial charge >= 0.3 is 0 Å². The van der Waals surface area contributed by atoms with Gasteiger partial charge in [-0.3, -0.25) is 9.59 Å². The van der Waals surface area contributed by atoms with Crippen LogP contribution < -0.4 is 10.1 Å². The molecule has 1 aliphatic heterocycles. The van der Waals surface area contributed by atoms with E-state index in [-0.39, 0.29) is 23.8 Å². The molecule has 1 atom stereocenters. The highest BCUT2D eigenvalue weighted by Gasteiger charge is 2.25. The van der Waals surface area contributed by atoms with Gasteiger partial charge in [0, 0.05) is 30.6 Å². The number of nitrogens with one attached hydrogen (secondary N) is 1. The highest BCUT2D eigenvalue weighted by Crippen LogP contribution is 2.20. The monoisotopic (exact) mass is 332 g/mol. The number of methoxy groups -OCH3 is 1. The summed E-state index contributed by atoms with van der Waals surface area (Å²) in [5, 5.41) is 3.10. The molecule has 2 amide bonds. The number of piperidine rings is 1. The van der Waals surface area contributed by atoms with Crippen molar-refractivity contribution in [2.75, 3.05) is 20.2 Å². The van der Waals surface area contributed by atoms with Crippen LogP contribution in [-0.2, 0) is 16.0 Å². The van der Waals surface area contributed by atoms with E-state index >= 15 is 0 Å². The van der Waals surface area contributed by atoms with Crippen molar-refractivity contribution >= 4 is 11.8 Å². The Balaban J connectivity index is 1.83. The van der Waals surface area contributed by atoms with E-state index in [9.17, 15) is 9.59 Å². The number of amides is 2. The zero-order chi connectivity index (χ0) is 17.5. The lowest BCUT2D eigenvalue weighted by Crippen LogP contribution is -2.47. The van der Waals surface area contributed by atoms with Crippen LogP contribution in [0.4, 0.5) is 0 Å². The van der Waals surface area contributed by atoms with Crippen LogP contribution in [-0.4, -0.2) is 43.0 Å². The molecule has 1 saturated heterocycles. The molecular formula is C19H28N2O3. The zero-order valence-corrected chi connectivity index (χ0v) is 14.9. The third kappa shape index (κ3) is 4.73. The SMILES string of the molecule is CC[C@@H](C)C(=O)NC1CCN(C(=O)Cc2ccccc2OC)CC1. The first kappa shape index (κ1) is 18.3. The lowest BCUT2D eigenvalue weighted by atomic mass is 10.0. The van der Waals surface area contributed by atoms with Crippen molar-refractivity contribution in [2.45, 2.75) is 45.6 Å². The van der Waals surface area contributed by atoms with Crippen LogP contribution in [0.5, 0.6) is 5.75 Å². The van der Waals surface area contributed by atoms with E-state index in [1.807, 2.05) is 43.0 Å². The van der Waals surface area contributed by atoms with E-state index < -0.39 is 0 Å². The molecule has 1 aromatic rings. The summed E-state index contributed by atoms with van der Waals surface area (Å²) in [5.74, 6) is 1.04. The van der Waals surface area contributed by atoms with E-state index in [4.69, 9.17) is 4.74 Å². The molecule has 5 heteroatoms. The Labute approximate surface area is 144 Å². The van der Waals surface area contributed by atoms with Gasteiger partial charge in [-0.05, 0) is 25.3 Å². The van der Waals surface area contributed by atoms with Crippen LogP contribution in [0.1, 0.15) is 38.7 Å². The number of benzene rings is 1. The summed E-state index contributed by atoms with van der Waals surface area (Å²) in [6.45, 7) is 5.35. The molecule has 1 heterocycles.